The largest absolute Gasteiger partial charge is 0.496 e. The van der Waals surface area contributed by atoms with E-state index in [9.17, 15) is 9.59 Å². The van der Waals surface area contributed by atoms with Crippen LogP contribution in [0.4, 0.5) is 10.5 Å². The number of nitrogens with one attached hydrogen (secondary N) is 3. The van der Waals surface area contributed by atoms with Crippen molar-refractivity contribution >= 4 is 17.6 Å². The molecule has 0 bridgehead atoms. The number of methoxy groups -OCH3 is 1. The van der Waals surface area contributed by atoms with Gasteiger partial charge in [-0.05, 0) is 31.5 Å². The fourth-order valence-electron chi connectivity index (χ4n) is 3.04. The van der Waals surface area contributed by atoms with Gasteiger partial charge in [0.25, 0.3) is 5.91 Å². The van der Waals surface area contributed by atoms with Crippen molar-refractivity contribution in [3.63, 3.8) is 0 Å². The van der Waals surface area contributed by atoms with E-state index in [0.29, 0.717) is 17.0 Å². The lowest BCUT2D eigenvalue weighted by molar-refractivity contribution is -0.113. The molecule has 3 N–H and O–H groups in total. The van der Waals surface area contributed by atoms with Crippen LogP contribution in [0, 0.1) is 6.92 Å². The molecule has 3 amide bonds. The van der Waals surface area contributed by atoms with Gasteiger partial charge in [0.15, 0.2) is 0 Å². The van der Waals surface area contributed by atoms with Crippen LogP contribution in [-0.4, -0.2) is 19.0 Å². The second-order valence-corrected chi connectivity index (χ2v) is 6.08. The molecule has 6 nitrogen and oxygen atoms in total. The summed E-state index contributed by atoms with van der Waals surface area (Å²) >= 11 is 0. The second-order valence-electron chi connectivity index (χ2n) is 6.08. The summed E-state index contributed by atoms with van der Waals surface area (Å²) in [5.41, 5.74) is 3.36. The summed E-state index contributed by atoms with van der Waals surface area (Å²) < 4.78 is 5.41. The van der Waals surface area contributed by atoms with Crippen molar-refractivity contribution < 1.29 is 14.3 Å². The molecule has 0 spiro atoms. The Morgan fingerprint density at radius 1 is 1.08 bits per heavy atom. The first-order valence-corrected chi connectivity index (χ1v) is 8.29. The third-order valence-electron chi connectivity index (χ3n) is 4.36. The Bertz CT molecular complexity index is 889. The number of rotatable bonds is 4. The minimum absolute atomic E-state index is 0.278. The minimum Gasteiger partial charge on any atom is -0.496 e. The van der Waals surface area contributed by atoms with E-state index < -0.39 is 6.04 Å². The summed E-state index contributed by atoms with van der Waals surface area (Å²) in [6.45, 7) is 3.64. The number of benzene rings is 2. The van der Waals surface area contributed by atoms with Crippen LogP contribution in [0.15, 0.2) is 59.8 Å². The van der Waals surface area contributed by atoms with Gasteiger partial charge in [0, 0.05) is 16.9 Å². The Labute approximate surface area is 152 Å². The number of carbonyl (C=O) groups excluding carboxylic acids is 2. The summed E-state index contributed by atoms with van der Waals surface area (Å²) in [7, 11) is 1.56. The SMILES string of the molecule is COc1ccccc1C1NC(=O)NC(C)=C1C(=O)Nc1ccccc1C. The molecule has 1 atom stereocenters. The van der Waals surface area contributed by atoms with Crippen LogP contribution in [0.5, 0.6) is 5.75 Å². The van der Waals surface area contributed by atoms with E-state index in [4.69, 9.17) is 4.74 Å². The number of carbonyl (C=O) groups is 2. The van der Waals surface area contributed by atoms with Gasteiger partial charge in [0.2, 0.25) is 0 Å². The van der Waals surface area contributed by atoms with E-state index in [1.165, 1.54) is 0 Å². The van der Waals surface area contributed by atoms with Crippen LogP contribution in [0.25, 0.3) is 0 Å². The van der Waals surface area contributed by atoms with E-state index in [1.807, 2.05) is 49.4 Å². The lowest BCUT2D eigenvalue weighted by atomic mass is 9.94. The first-order chi connectivity index (χ1) is 12.5. The molecule has 0 fully saturated rings. The number of hydrogen-bond donors (Lipinski definition) is 3. The Morgan fingerprint density at radius 2 is 1.77 bits per heavy atom. The fraction of sp³-hybridized carbons (Fsp3) is 0.200. The number of allylic oxidation sites excluding steroid dienone is 1. The number of hydrogen-bond acceptors (Lipinski definition) is 3. The Hall–Kier alpha value is -3.28. The number of ether oxygens (including phenoxy) is 1. The number of amides is 3. The summed E-state index contributed by atoms with van der Waals surface area (Å²) in [5.74, 6) is 0.328. The summed E-state index contributed by atoms with van der Waals surface area (Å²) in [4.78, 5) is 25.0. The van der Waals surface area contributed by atoms with Crippen molar-refractivity contribution in [3.05, 3.63) is 70.9 Å². The highest BCUT2D eigenvalue weighted by Gasteiger charge is 2.32. The standard InChI is InChI=1S/C20H21N3O3/c1-12-8-4-6-10-15(12)22-19(24)17-13(2)21-20(25)23-18(17)14-9-5-7-11-16(14)26-3/h4-11,18H,1-3H3,(H,22,24)(H2,21,23,25). The summed E-state index contributed by atoms with van der Waals surface area (Å²) in [5, 5.41) is 8.43. The number of aryl methyl sites for hydroxylation is 1. The molecule has 1 heterocycles. The van der Waals surface area contributed by atoms with Gasteiger partial charge in [-0.2, -0.15) is 0 Å². The fourth-order valence-corrected chi connectivity index (χ4v) is 3.04. The molecule has 1 unspecified atom stereocenters. The molecule has 0 saturated carbocycles. The summed E-state index contributed by atoms with van der Waals surface area (Å²) in [6, 6.07) is 13.9. The molecule has 0 radical (unpaired) electrons. The van der Waals surface area contributed by atoms with Gasteiger partial charge >= 0.3 is 6.03 Å². The van der Waals surface area contributed by atoms with Gasteiger partial charge in [-0.15, -0.1) is 0 Å². The average Bonchev–Trinajstić information content (AvgIpc) is 2.62. The normalized spacial score (nSPS) is 16.6. The van der Waals surface area contributed by atoms with Crippen LogP contribution in [0.2, 0.25) is 0 Å². The molecule has 2 aromatic carbocycles. The predicted octanol–water partition coefficient (Wildman–Crippen LogP) is 3.27. The van der Waals surface area contributed by atoms with Crippen LogP contribution in [0.1, 0.15) is 24.1 Å². The van der Waals surface area contributed by atoms with E-state index in [2.05, 4.69) is 16.0 Å². The molecule has 134 valence electrons. The third-order valence-corrected chi connectivity index (χ3v) is 4.36. The Kier molecular flexibility index (Phi) is 4.93. The third kappa shape index (κ3) is 3.39. The number of para-hydroxylation sites is 2. The highest BCUT2D eigenvalue weighted by Crippen LogP contribution is 2.33. The van der Waals surface area contributed by atoms with Crippen molar-refractivity contribution in [2.24, 2.45) is 0 Å². The highest BCUT2D eigenvalue weighted by molar-refractivity contribution is 6.07. The average molecular weight is 351 g/mol. The molecule has 1 aliphatic rings. The topological polar surface area (TPSA) is 79.5 Å². The first kappa shape index (κ1) is 17.5. The zero-order chi connectivity index (χ0) is 18.7. The summed E-state index contributed by atoms with van der Waals surface area (Å²) in [6.07, 6.45) is 0. The van der Waals surface area contributed by atoms with Crippen molar-refractivity contribution in [2.75, 3.05) is 12.4 Å². The molecule has 0 saturated heterocycles. The van der Waals surface area contributed by atoms with Crippen LogP contribution >= 0.6 is 0 Å². The zero-order valence-electron chi connectivity index (χ0n) is 14.9. The van der Waals surface area contributed by atoms with Gasteiger partial charge in [-0.3, -0.25) is 4.79 Å². The molecule has 26 heavy (non-hydrogen) atoms. The molecule has 2 aromatic rings. The maximum Gasteiger partial charge on any atom is 0.319 e. The lowest BCUT2D eigenvalue weighted by Crippen LogP contribution is -2.46. The molecule has 6 heteroatoms. The predicted molar refractivity (Wildman–Crippen MR) is 99.9 cm³/mol. The molecular weight excluding hydrogens is 330 g/mol. The second kappa shape index (κ2) is 7.31. The van der Waals surface area contributed by atoms with Crippen molar-refractivity contribution in [1.29, 1.82) is 0 Å². The maximum absolute atomic E-state index is 13.0. The minimum atomic E-state index is -0.607. The number of urea groups is 1. The van der Waals surface area contributed by atoms with Crippen LogP contribution in [-0.2, 0) is 4.79 Å². The van der Waals surface area contributed by atoms with Gasteiger partial charge in [0.05, 0.1) is 18.7 Å². The molecule has 1 aliphatic heterocycles. The van der Waals surface area contributed by atoms with E-state index in [1.54, 1.807) is 20.1 Å². The molecule has 3 rings (SSSR count). The number of anilines is 1. The molecule has 0 aromatic heterocycles. The maximum atomic E-state index is 13.0. The zero-order valence-corrected chi connectivity index (χ0v) is 14.9. The Balaban J connectivity index is 2.01. The van der Waals surface area contributed by atoms with E-state index in [0.717, 1.165) is 16.8 Å². The lowest BCUT2D eigenvalue weighted by Gasteiger charge is -2.29. The smallest absolute Gasteiger partial charge is 0.319 e. The van der Waals surface area contributed by atoms with Gasteiger partial charge in [-0.25, -0.2) is 4.79 Å². The first-order valence-electron chi connectivity index (χ1n) is 8.29. The van der Waals surface area contributed by atoms with Crippen molar-refractivity contribution in [2.45, 2.75) is 19.9 Å². The quantitative estimate of drug-likeness (QED) is 0.791. The Morgan fingerprint density at radius 3 is 2.50 bits per heavy atom. The monoisotopic (exact) mass is 351 g/mol. The molecular formula is C20H21N3O3. The van der Waals surface area contributed by atoms with Gasteiger partial charge in [0.1, 0.15) is 5.75 Å². The van der Waals surface area contributed by atoms with Crippen molar-refractivity contribution in [1.82, 2.24) is 10.6 Å². The van der Waals surface area contributed by atoms with Crippen LogP contribution in [0.3, 0.4) is 0 Å². The molecule has 0 aliphatic carbocycles. The van der Waals surface area contributed by atoms with E-state index in [-0.39, 0.29) is 11.9 Å². The van der Waals surface area contributed by atoms with Crippen LogP contribution < -0.4 is 20.7 Å². The van der Waals surface area contributed by atoms with Crippen molar-refractivity contribution in [3.8, 4) is 5.75 Å². The highest BCUT2D eigenvalue weighted by atomic mass is 16.5. The van der Waals surface area contributed by atoms with Gasteiger partial charge in [-0.1, -0.05) is 36.4 Å². The van der Waals surface area contributed by atoms with E-state index >= 15 is 0 Å². The van der Waals surface area contributed by atoms with Gasteiger partial charge < -0.3 is 20.7 Å².